The first-order valence-corrected chi connectivity index (χ1v) is 9.44. The third kappa shape index (κ3) is 14.3. The van der Waals surface area contributed by atoms with Crippen molar-refractivity contribution in [3.05, 3.63) is 0 Å². The van der Waals surface area contributed by atoms with E-state index in [1.165, 1.54) is 82.0 Å². The van der Waals surface area contributed by atoms with Gasteiger partial charge in [0.2, 0.25) is 0 Å². The average molecular weight is 301 g/mol. The molecule has 0 rings (SSSR count). The summed E-state index contributed by atoms with van der Waals surface area (Å²) >= 11 is 0. The zero-order valence-electron chi connectivity index (χ0n) is 15.6. The van der Waals surface area contributed by atoms with E-state index in [4.69, 9.17) is 0 Å². The van der Waals surface area contributed by atoms with Gasteiger partial charge < -0.3 is 9.28 Å². The van der Waals surface area contributed by atoms with Crippen LogP contribution in [-0.2, 0) is 4.79 Å². The van der Waals surface area contributed by atoms with Gasteiger partial charge >= 0.3 is 0 Å². The summed E-state index contributed by atoms with van der Waals surface area (Å²) in [5, 5.41) is 0. The Morgan fingerprint density at radius 1 is 0.619 bits per heavy atom. The van der Waals surface area contributed by atoms with Crippen molar-refractivity contribution in [2.45, 2.75) is 92.4 Å². The van der Waals surface area contributed by atoms with Crippen molar-refractivity contribution in [2.75, 3.05) is 26.2 Å². The molecule has 0 N–H and O–H groups in total. The molecule has 2 nitrogen and oxygen atoms in total. The lowest BCUT2D eigenvalue weighted by molar-refractivity contribution is -0.929. The Kier molecular flexibility index (Phi) is 19.3. The molecule has 2 heteroatoms. The van der Waals surface area contributed by atoms with Crippen molar-refractivity contribution in [1.82, 2.24) is 0 Å². The molecule has 0 unspecified atom stereocenters. The van der Waals surface area contributed by atoms with Crippen molar-refractivity contribution < 1.29 is 9.28 Å². The number of hydrogen-bond donors (Lipinski definition) is 0. The van der Waals surface area contributed by atoms with E-state index in [0.717, 1.165) is 6.29 Å². The first-order chi connectivity index (χ1) is 10.2. The molecule has 0 aliphatic heterocycles. The lowest BCUT2D eigenvalue weighted by Gasteiger charge is -2.39. The fraction of sp³-hybridized carbons (Fsp3) is 0.947. The average Bonchev–Trinajstić information content (AvgIpc) is 2.53. The number of hydrogen-bond acceptors (Lipinski definition) is 1. The zero-order valence-corrected chi connectivity index (χ0v) is 15.6. The second kappa shape index (κ2) is 17.7. The molecule has 0 aliphatic carbocycles. The molecule has 0 heterocycles. The van der Waals surface area contributed by atoms with Crippen LogP contribution in [0.15, 0.2) is 0 Å². The quantitative estimate of drug-likeness (QED) is 0.320. The summed E-state index contributed by atoms with van der Waals surface area (Å²) < 4.78 is 1.42. The molecule has 0 aromatic heterocycles. The van der Waals surface area contributed by atoms with E-state index in [0.29, 0.717) is 6.42 Å². The van der Waals surface area contributed by atoms with E-state index in [9.17, 15) is 4.79 Å². The van der Waals surface area contributed by atoms with Crippen LogP contribution in [0, 0.1) is 0 Å². The molecule has 0 spiro atoms. The van der Waals surface area contributed by atoms with Gasteiger partial charge in [-0.1, -0.05) is 60.3 Å². The minimum atomic E-state index is 0.639. The van der Waals surface area contributed by atoms with E-state index in [1.54, 1.807) is 0 Å². The first-order valence-electron chi connectivity index (χ1n) is 9.44. The number of nitrogens with zero attached hydrogens (tertiary/aromatic N) is 1. The Balaban J connectivity index is 0. The van der Waals surface area contributed by atoms with Crippen LogP contribution >= 0.6 is 0 Å². The SMILES string of the molecule is CCC=O.CCCC[N+](CCCC)(CCCC)CCCC. The summed E-state index contributed by atoms with van der Waals surface area (Å²) in [7, 11) is 0. The van der Waals surface area contributed by atoms with Crippen LogP contribution in [-0.4, -0.2) is 36.9 Å². The van der Waals surface area contributed by atoms with Crippen LogP contribution in [0.3, 0.4) is 0 Å². The standard InChI is InChI=1S/C16H36N.C3H6O/c1-5-9-13-17(14-10-6-2,15-11-7-3)16-12-8-4;1-2-3-4/h5-16H2,1-4H3;3H,2H2,1H3/q+1;. The van der Waals surface area contributed by atoms with Gasteiger partial charge in [-0.15, -0.1) is 0 Å². The van der Waals surface area contributed by atoms with Crippen molar-refractivity contribution >= 4 is 6.29 Å². The van der Waals surface area contributed by atoms with Gasteiger partial charge in [0.15, 0.2) is 0 Å². The van der Waals surface area contributed by atoms with Crippen LogP contribution in [0.1, 0.15) is 92.4 Å². The van der Waals surface area contributed by atoms with E-state index >= 15 is 0 Å². The Labute approximate surface area is 134 Å². The maximum absolute atomic E-state index is 9.17. The number of aldehydes is 1. The Morgan fingerprint density at radius 2 is 0.857 bits per heavy atom. The maximum atomic E-state index is 9.17. The molecule has 0 saturated carbocycles. The topological polar surface area (TPSA) is 17.1 Å². The van der Waals surface area contributed by atoms with Crippen LogP contribution < -0.4 is 0 Å². The number of carbonyl (C=O) groups is 1. The molecule has 0 fully saturated rings. The highest BCUT2D eigenvalue weighted by Crippen LogP contribution is 2.16. The van der Waals surface area contributed by atoms with E-state index < -0.39 is 0 Å². The molecule has 0 bridgehead atoms. The summed E-state index contributed by atoms with van der Waals surface area (Å²) in [6.45, 7) is 16.8. The Hall–Kier alpha value is -0.370. The van der Waals surface area contributed by atoms with Crippen molar-refractivity contribution in [2.24, 2.45) is 0 Å². The molecular weight excluding hydrogens is 258 g/mol. The van der Waals surface area contributed by atoms with Crippen molar-refractivity contribution in [1.29, 1.82) is 0 Å². The first kappa shape index (κ1) is 22.9. The van der Waals surface area contributed by atoms with E-state index in [-0.39, 0.29) is 0 Å². The van der Waals surface area contributed by atoms with Gasteiger partial charge in [-0.2, -0.15) is 0 Å². The smallest absolute Gasteiger partial charge is 0.119 e. The summed E-state index contributed by atoms with van der Waals surface area (Å²) in [6, 6.07) is 0. The fourth-order valence-electron chi connectivity index (χ4n) is 2.64. The minimum absolute atomic E-state index is 0.639. The molecule has 0 aromatic rings. The normalized spacial score (nSPS) is 10.9. The number of carbonyl (C=O) groups excluding carboxylic acids is 1. The molecule has 0 aliphatic rings. The third-order valence-corrected chi connectivity index (χ3v) is 4.11. The van der Waals surface area contributed by atoms with Crippen LogP contribution in [0.2, 0.25) is 0 Å². The lowest BCUT2D eigenvalue weighted by atomic mass is 10.1. The third-order valence-electron chi connectivity index (χ3n) is 4.11. The van der Waals surface area contributed by atoms with E-state index in [2.05, 4.69) is 27.7 Å². The second-order valence-electron chi connectivity index (χ2n) is 6.23. The van der Waals surface area contributed by atoms with Gasteiger partial charge in [-0.25, -0.2) is 0 Å². The highest BCUT2D eigenvalue weighted by Gasteiger charge is 2.24. The Bertz CT molecular complexity index is 166. The summed E-state index contributed by atoms with van der Waals surface area (Å²) in [4.78, 5) is 9.17. The Morgan fingerprint density at radius 3 is 1.00 bits per heavy atom. The number of rotatable bonds is 13. The van der Waals surface area contributed by atoms with Gasteiger partial charge in [-0.3, -0.25) is 0 Å². The van der Waals surface area contributed by atoms with Gasteiger partial charge in [0.25, 0.3) is 0 Å². The second-order valence-corrected chi connectivity index (χ2v) is 6.23. The van der Waals surface area contributed by atoms with Gasteiger partial charge in [-0.05, 0) is 25.7 Å². The maximum Gasteiger partial charge on any atom is 0.119 e. The summed E-state index contributed by atoms with van der Waals surface area (Å²) in [6.07, 6.45) is 12.6. The van der Waals surface area contributed by atoms with Gasteiger partial charge in [0, 0.05) is 6.42 Å². The molecule has 0 amide bonds. The molecule has 0 atom stereocenters. The van der Waals surface area contributed by atoms with E-state index in [1.807, 2.05) is 6.92 Å². The minimum Gasteiger partial charge on any atom is -0.324 e. The highest BCUT2D eigenvalue weighted by atomic mass is 16.1. The van der Waals surface area contributed by atoms with Gasteiger partial charge in [0.1, 0.15) is 6.29 Å². The number of unbranched alkanes of at least 4 members (excludes halogenated alkanes) is 4. The van der Waals surface area contributed by atoms with Crippen LogP contribution in [0.25, 0.3) is 0 Å². The molecule has 0 radical (unpaired) electrons. The molecule has 0 aromatic carbocycles. The predicted octanol–water partition coefficient (Wildman–Crippen LogP) is 5.60. The highest BCUT2D eigenvalue weighted by molar-refractivity contribution is 5.48. The fourth-order valence-corrected chi connectivity index (χ4v) is 2.64. The largest absolute Gasteiger partial charge is 0.324 e. The van der Waals surface area contributed by atoms with Gasteiger partial charge in [0.05, 0.1) is 26.2 Å². The molecular formula is C19H42NO+. The molecule has 21 heavy (non-hydrogen) atoms. The summed E-state index contributed by atoms with van der Waals surface area (Å²) in [5.74, 6) is 0. The van der Waals surface area contributed by atoms with Crippen molar-refractivity contribution in [3.8, 4) is 0 Å². The molecule has 0 saturated heterocycles. The van der Waals surface area contributed by atoms with Crippen molar-refractivity contribution in [3.63, 3.8) is 0 Å². The number of quaternary nitrogens is 1. The monoisotopic (exact) mass is 300 g/mol. The van der Waals surface area contributed by atoms with Crippen LogP contribution in [0.4, 0.5) is 0 Å². The molecule has 128 valence electrons. The predicted molar refractivity (Wildman–Crippen MR) is 95.7 cm³/mol. The van der Waals surface area contributed by atoms with Crippen LogP contribution in [0.5, 0.6) is 0 Å². The lowest BCUT2D eigenvalue weighted by Crippen LogP contribution is -2.50. The zero-order chi connectivity index (χ0) is 16.4. The summed E-state index contributed by atoms with van der Waals surface area (Å²) in [5.41, 5.74) is 0.